The van der Waals surface area contributed by atoms with Crippen molar-refractivity contribution in [3.8, 4) is 22.8 Å². The summed E-state index contributed by atoms with van der Waals surface area (Å²) in [5.74, 6) is 2.37. The van der Waals surface area contributed by atoms with Gasteiger partial charge in [-0.05, 0) is 60.7 Å². The molecule has 0 saturated carbocycles. The number of nitrogens with zero attached hydrogens (tertiary/aromatic N) is 1. The number of para-hydroxylation sites is 1. The third-order valence-electron chi connectivity index (χ3n) is 4.35. The van der Waals surface area contributed by atoms with Gasteiger partial charge in [0.2, 0.25) is 0 Å². The molecule has 3 aromatic carbocycles. The van der Waals surface area contributed by atoms with E-state index >= 15 is 0 Å². The van der Waals surface area contributed by atoms with Gasteiger partial charge in [-0.3, -0.25) is 0 Å². The molecule has 4 heteroatoms. The molecule has 0 atom stereocenters. The van der Waals surface area contributed by atoms with Crippen molar-refractivity contribution in [3.63, 3.8) is 0 Å². The molecule has 1 aromatic heterocycles. The highest BCUT2D eigenvalue weighted by atomic mass is 16.5. The minimum Gasteiger partial charge on any atom is -0.497 e. The molecule has 27 heavy (non-hydrogen) atoms. The molecule has 0 aliphatic rings. The maximum absolute atomic E-state index is 6.12. The summed E-state index contributed by atoms with van der Waals surface area (Å²) in [6, 6.07) is 25.3. The van der Waals surface area contributed by atoms with Gasteiger partial charge in [0.15, 0.2) is 0 Å². The van der Waals surface area contributed by atoms with Crippen LogP contribution in [0, 0.1) is 0 Å². The first kappa shape index (κ1) is 16.9. The topological polar surface area (TPSA) is 44.0 Å². The molecular weight excluding hydrogens is 338 g/mol. The Kier molecular flexibility index (Phi) is 4.62. The van der Waals surface area contributed by atoms with Gasteiger partial charge in [-0.1, -0.05) is 12.1 Å². The number of ether oxygens (including phenoxy) is 2. The van der Waals surface area contributed by atoms with E-state index in [0.717, 1.165) is 44.8 Å². The Hall–Kier alpha value is -3.53. The molecule has 0 spiro atoms. The van der Waals surface area contributed by atoms with Gasteiger partial charge in [-0.15, -0.1) is 0 Å². The molecule has 1 heterocycles. The summed E-state index contributed by atoms with van der Waals surface area (Å²) in [6.07, 6.45) is 0. The summed E-state index contributed by atoms with van der Waals surface area (Å²) >= 11 is 0. The van der Waals surface area contributed by atoms with Gasteiger partial charge in [-0.25, -0.2) is 4.99 Å². The van der Waals surface area contributed by atoms with Crippen LogP contribution in [-0.2, 0) is 0 Å². The lowest BCUT2D eigenvalue weighted by molar-refractivity contribution is 0.414. The zero-order chi connectivity index (χ0) is 18.6. The Morgan fingerprint density at radius 3 is 2.04 bits per heavy atom. The number of hydrogen-bond acceptors (Lipinski definition) is 4. The molecule has 0 fully saturated rings. The van der Waals surface area contributed by atoms with Gasteiger partial charge < -0.3 is 13.9 Å². The SMILES string of the molecule is COc1ccc(N=c2cc(-c3ccc(OC)cc3)oc3ccccc23)cc1. The van der Waals surface area contributed by atoms with Crippen LogP contribution in [0.15, 0.2) is 88.3 Å². The Morgan fingerprint density at radius 1 is 0.741 bits per heavy atom. The molecule has 0 N–H and O–H groups in total. The minimum atomic E-state index is 0.753. The van der Waals surface area contributed by atoms with E-state index in [-0.39, 0.29) is 0 Å². The second-order valence-electron chi connectivity index (χ2n) is 6.03. The van der Waals surface area contributed by atoms with Crippen LogP contribution >= 0.6 is 0 Å². The predicted octanol–water partition coefficient (Wildman–Crippen LogP) is 5.35. The van der Waals surface area contributed by atoms with E-state index in [4.69, 9.17) is 18.9 Å². The van der Waals surface area contributed by atoms with E-state index in [0.29, 0.717) is 0 Å². The summed E-state index contributed by atoms with van der Waals surface area (Å²) in [6.45, 7) is 0. The Labute approximate surface area is 157 Å². The largest absolute Gasteiger partial charge is 0.497 e. The van der Waals surface area contributed by atoms with E-state index in [1.54, 1.807) is 14.2 Å². The van der Waals surface area contributed by atoms with Crippen molar-refractivity contribution >= 4 is 16.7 Å². The predicted molar refractivity (Wildman–Crippen MR) is 106 cm³/mol. The molecule has 0 radical (unpaired) electrons. The lowest BCUT2D eigenvalue weighted by Gasteiger charge is -2.06. The second-order valence-corrected chi connectivity index (χ2v) is 6.03. The summed E-state index contributed by atoms with van der Waals surface area (Å²) in [4.78, 5) is 4.82. The first-order chi connectivity index (χ1) is 13.3. The van der Waals surface area contributed by atoms with Crippen LogP contribution in [0.25, 0.3) is 22.3 Å². The van der Waals surface area contributed by atoms with Crippen LogP contribution in [0.5, 0.6) is 11.5 Å². The van der Waals surface area contributed by atoms with Crippen LogP contribution in [-0.4, -0.2) is 14.2 Å². The maximum atomic E-state index is 6.12. The average Bonchev–Trinajstić information content (AvgIpc) is 2.74. The van der Waals surface area contributed by atoms with Crippen LogP contribution in [0.2, 0.25) is 0 Å². The van der Waals surface area contributed by atoms with Gasteiger partial charge >= 0.3 is 0 Å². The second kappa shape index (κ2) is 7.38. The normalized spacial score (nSPS) is 11.6. The summed E-state index contributed by atoms with van der Waals surface area (Å²) in [7, 11) is 3.31. The summed E-state index contributed by atoms with van der Waals surface area (Å²) in [5.41, 5.74) is 2.61. The van der Waals surface area contributed by atoms with E-state index in [9.17, 15) is 0 Å². The van der Waals surface area contributed by atoms with Gasteiger partial charge in [0.25, 0.3) is 0 Å². The average molecular weight is 357 g/mol. The van der Waals surface area contributed by atoms with Crippen molar-refractivity contribution in [2.75, 3.05) is 14.2 Å². The van der Waals surface area contributed by atoms with Crippen LogP contribution < -0.4 is 14.8 Å². The molecule has 0 unspecified atom stereocenters. The highest BCUT2D eigenvalue weighted by Gasteiger charge is 2.06. The Bertz CT molecular complexity index is 1130. The minimum absolute atomic E-state index is 0.753. The molecule has 0 saturated heterocycles. The van der Waals surface area contributed by atoms with Gasteiger partial charge in [0.05, 0.1) is 25.3 Å². The molecule has 0 amide bonds. The highest BCUT2D eigenvalue weighted by molar-refractivity contribution is 5.78. The highest BCUT2D eigenvalue weighted by Crippen LogP contribution is 2.25. The van der Waals surface area contributed by atoms with Gasteiger partial charge in [0.1, 0.15) is 22.8 Å². The molecule has 4 aromatic rings. The van der Waals surface area contributed by atoms with Crippen molar-refractivity contribution in [1.29, 1.82) is 0 Å². The van der Waals surface area contributed by atoms with E-state index in [1.165, 1.54) is 0 Å². The fourth-order valence-corrected chi connectivity index (χ4v) is 2.90. The van der Waals surface area contributed by atoms with E-state index in [1.807, 2.05) is 78.9 Å². The van der Waals surface area contributed by atoms with Crippen LogP contribution in [0.1, 0.15) is 0 Å². The monoisotopic (exact) mass is 357 g/mol. The standard InChI is InChI=1S/C23H19NO3/c1-25-18-11-7-16(8-12-18)23-15-21(20-5-3-4-6-22(20)27-23)24-17-9-13-19(26-2)14-10-17/h3-15H,1-2H3. The molecule has 4 nitrogen and oxygen atoms in total. The number of methoxy groups -OCH3 is 2. The van der Waals surface area contributed by atoms with E-state index in [2.05, 4.69) is 0 Å². The number of fused-ring (bicyclic) bond motifs is 1. The fourth-order valence-electron chi connectivity index (χ4n) is 2.90. The quantitative estimate of drug-likeness (QED) is 0.494. The first-order valence-corrected chi connectivity index (χ1v) is 8.63. The fraction of sp³-hybridized carbons (Fsp3) is 0.0870. The van der Waals surface area contributed by atoms with Crippen molar-refractivity contribution in [3.05, 3.63) is 84.2 Å². The first-order valence-electron chi connectivity index (χ1n) is 8.63. The smallest absolute Gasteiger partial charge is 0.136 e. The lowest BCUT2D eigenvalue weighted by atomic mass is 10.1. The van der Waals surface area contributed by atoms with E-state index < -0.39 is 0 Å². The van der Waals surface area contributed by atoms with Crippen molar-refractivity contribution in [2.45, 2.75) is 0 Å². The lowest BCUT2D eigenvalue weighted by Crippen LogP contribution is -2.03. The molecular formula is C23H19NO3. The third-order valence-corrected chi connectivity index (χ3v) is 4.35. The molecule has 0 aliphatic carbocycles. The maximum Gasteiger partial charge on any atom is 0.136 e. The summed E-state index contributed by atoms with van der Waals surface area (Å²) in [5, 5.41) is 1.82. The molecule has 0 bridgehead atoms. The number of rotatable bonds is 4. The number of benzene rings is 3. The van der Waals surface area contributed by atoms with Crippen molar-refractivity contribution in [2.24, 2.45) is 4.99 Å². The van der Waals surface area contributed by atoms with Crippen molar-refractivity contribution < 1.29 is 13.9 Å². The van der Waals surface area contributed by atoms with Crippen LogP contribution in [0.3, 0.4) is 0 Å². The Morgan fingerprint density at radius 2 is 1.37 bits per heavy atom. The zero-order valence-electron chi connectivity index (χ0n) is 15.2. The molecule has 134 valence electrons. The van der Waals surface area contributed by atoms with Crippen LogP contribution in [0.4, 0.5) is 5.69 Å². The summed E-state index contributed by atoms with van der Waals surface area (Å²) < 4.78 is 16.6. The van der Waals surface area contributed by atoms with Crippen molar-refractivity contribution in [1.82, 2.24) is 0 Å². The molecule has 4 rings (SSSR count). The Balaban J connectivity index is 1.88. The van der Waals surface area contributed by atoms with Gasteiger partial charge in [-0.2, -0.15) is 0 Å². The number of hydrogen-bond donors (Lipinski definition) is 0. The zero-order valence-corrected chi connectivity index (χ0v) is 15.2. The van der Waals surface area contributed by atoms with Gasteiger partial charge in [0, 0.05) is 17.0 Å². The molecule has 0 aliphatic heterocycles. The third kappa shape index (κ3) is 3.55.